The monoisotopic (exact) mass is 263 g/mol. The minimum atomic E-state index is -0.561. The molecule has 2 aromatic carbocycles. The normalized spacial score (nSPS) is 10.5. The van der Waals surface area contributed by atoms with E-state index in [9.17, 15) is 8.78 Å². The van der Waals surface area contributed by atoms with Crippen LogP contribution in [0.25, 0.3) is 0 Å². The molecule has 0 aromatic heterocycles. The number of hydrogen-bond donors (Lipinski definition) is 1. The molecule has 0 bridgehead atoms. The first-order valence-corrected chi connectivity index (χ1v) is 5.96. The molecule has 0 aliphatic heterocycles. The lowest BCUT2D eigenvalue weighted by atomic mass is 10.2. The van der Waals surface area contributed by atoms with Gasteiger partial charge < -0.3 is 10.1 Å². The molecule has 2 nitrogen and oxygen atoms in total. The molecule has 100 valence electrons. The Labute approximate surface area is 111 Å². The first-order valence-electron chi connectivity index (χ1n) is 5.96. The Hall–Kier alpha value is -1.94. The van der Waals surface area contributed by atoms with Crippen molar-refractivity contribution in [1.29, 1.82) is 0 Å². The SMILES string of the molecule is COc1cccc(CNCc2ccc(F)cc2F)c1. The van der Waals surface area contributed by atoms with E-state index >= 15 is 0 Å². The number of benzene rings is 2. The predicted molar refractivity (Wildman–Crippen MR) is 69.9 cm³/mol. The average Bonchev–Trinajstić information content (AvgIpc) is 2.41. The summed E-state index contributed by atoms with van der Waals surface area (Å²) < 4.78 is 31.3. The number of ether oxygens (including phenoxy) is 1. The van der Waals surface area contributed by atoms with Crippen LogP contribution in [-0.2, 0) is 13.1 Å². The van der Waals surface area contributed by atoms with Crippen molar-refractivity contribution >= 4 is 0 Å². The van der Waals surface area contributed by atoms with Crippen LogP contribution in [0.2, 0.25) is 0 Å². The maximum Gasteiger partial charge on any atom is 0.130 e. The minimum absolute atomic E-state index is 0.351. The van der Waals surface area contributed by atoms with Crippen LogP contribution in [-0.4, -0.2) is 7.11 Å². The van der Waals surface area contributed by atoms with Gasteiger partial charge in [0.05, 0.1) is 7.11 Å². The lowest BCUT2D eigenvalue weighted by Gasteiger charge is -2.07. The minimum Gasteiger partial charge on any atom is -0.497 e. The zero-order chi connectivity index (χ0) is 13.7. The summed E-state index contributed by atoms with van der Waals surface area (Å²) in [6, 6.07) is 11.2. The quantitative estimate of drug-likeness (QED) is 0.894. The van der Waals surface area contributed by atoms with Crippen LogP contribution in [0.4, 0.5) is 8.78 Å². The van der Waals surface area contributed by atoms with Gasteiger partial charge in [-0.15, -0.1) is 0 Å². The molecule has 0 fully saturated rings. The van der Waals surface area contributed by atoms with Crippen LogP contribution < -0.4 is 10.1 Å². The van der Waals surface area contributed by atoms with Crippen LogP contribution in [0.15, 0.2) is 42.5 Å². The second-order valence-corrected chi connectivity index (χ2v) is 4.19. The van der Waals surface area contributed by atoms with E-state index < -0.39 is 11.6 Å². The van der Waals surface area contributed by atoms with Gasteiger partial charge in [-0.1, -0.05) is 18.2 Å². The molecule has 2 aromatic rings. The summed E-state index contributed by atoms with van der Waals surface area (Å²) in [5.74, 6) is -0.306. The van der Waals surface area contributed by atoms with Gasteiger partial charge in [-0.05, 0) is 23.8 Å². The van der Waals surface area contributed by atoms with Crippen molar-refractivity contribution < 1.29 is 13.5 Å². The van der Waals surface area contributed by atoms with E-state index in [0.717, 1.165) is 17.4 Å². The fourth-order valence-corrected chi connectivity index (χ4v) is 1.79. The van der Waals surface area contributed by atoms with Crippen LogP contribution in [0.3, 0.4) is 0 Å². The zero-order valence-corrected chi connectivity index (χ0v) is 10.6. The molecule has 0 radical (unpaired) electrons. The molecule has 0 atom stereocenters. The van der Waals surface area contributed by atoms with Crippen molar-refractivity contribution in [2.45, 2.75) is 13.1 Å². The summed E-state index contributed by atoms with van der Waals surface area (Å²) >= 11 is 0. The van der Waals surface area contributed by atoms with Gasteiger partial charge in [-0.25, -0.2) is 8.78 Å². The fourth-order valence-electron chi connectivity index (χ4n) is 1.79. The molecular weight excluding hydrogens is 248 g/mol. The van der Waals surface area contributed by atoms with Crippen LogP contribution in [0.5, 0.6) is 5.75 Å². The summed E-state index contributed by atoms with van der Waals surface area (Å²) in [5.41, 5.74) is 1.49. The van der Waals surface area contributed by atoms with Gasteiger partial charge in [0.15, 0.2) is 0 Å². The van der Waals surface area contributed by atoms with Crippen LogP contribution >= 0.6 is 0 Å². The van der Waals surface area contributed by atoms with Crippen LogP contribution in [0.1, 0.15) is 11.1 Å². The number of rotatable bonds is 5. The van der Waals surface area contributed by atoms with E-state index in [4.69, 9.17) is 4.74 Å². The first kappa shape index (κ1) is 13.5. The van der Waals surface area contributed by atoms with E-state index in [-0.39, 0.29) is 0 Å². The third kappa shape index (κ3) is 3.76. The maximum absolute atomic E-state index is 13.4. The Morgan fingerprint density at radius 1 is 1.05 bits per heavy atom. The molecule has 0 saturated carbocycles. The van der Waals surface area contributed by atoms with E-state index in [2.05, 4.69) is 5.32 Å². The number of hydrogen-bond acceptors (Lipinski definition) is 2. The molecule has 0 saturated heterocycles. The number of methoxy groups -OCH3 is 1. The molecule has 0 unspecified atom stereocenters. The van der Waals surface area contributed by atoms with E-state index in [0.29, 0.717) is 18.7 Å². The summed E-state index contributed by atoms with van der Waals surface area (Å²) in [6.45, 7) is 0.942. The molecule has 0 aliphatic rings. The maximum atomic E-state index is 13.4. The Bertz CT molecular complexity index is 558. The highest BCUT2D eigenvalue weighted by atomic mass is 19.1. The highest BCUT2D eigenvalue weighted by Gasteiger charge is 2.03. The molecule has 0 amide bonds. The fraction of sp³-hybridized carbons (Fsp3) is 0.200. The number of nitrogens with one attached hydrogen (secondary N) is 1. The summed E-state index contributed by atoms with van der Waals surface area (Å²) in [4.78, 5) is 0. The van der Waals surface area contributed by atoms with Gasteiger partial charge in [0.1, 0.15) is 17.4 Å². The Balaban J connectivity index is 1.92. The van der Waals surface area contributed by atoms with Gasteiger partial charge in [0.25, 0.3) is 0 Å². The van der Waals surface area contributed by atoms with Crippen LogP contribution in [0, 0.1) is 11.6 Å². The van der Waals surface area contributed by atoms with Gasteiger partial charge in [0.2, 0.25) is 0 Å². The smallest absolute Gasteiger partial charge is 0.130 e. The molecular formula is C15H15F2NO. The Kier molecular flexibility index (Phi) is 4.47. The topological polar surface area (TPSA) is 21.3 Å². The summed E-state index contributed by atoms with van der Waals surface area (Å²) in [7, 11) is 1.61. The molecule has 0 heterocycles. The lowest BCUT2D eigenvalue weighted by molar-refractivity contribution is 0.414. The van der Waals surface area contributed by atoms with Crippen molar-refractivity contribution in [2.24, 2.45) is 0 Å². The van der Waals surface area contributed by atoms with Gasteiger partial charge in [-0.2, -0.15) is 0 Å². The molecule has 1 N–H and O–H groups in total. The second kappa shape index (κ2) is 6.29. The third-order valence-corrected chi connectivity index (χ3v) is 2.79. The Morgan fingerprint density at radius 3 is 2.63 bits per heavy atom. The predicted octanol–water partition coefficient (Wildman–Crippen LogP) is 3.26. The molecule has 0 aliphatic carbocycles. The largest absolute Gasteiger partial charge is 0.497 e. The Morgan fingerprint density at radius 2 is 1.89 bits per heavy atom. The standard InChI is InChI=1S/C15H15F2NO/c1-19-14-4-2-3-11(7-14)9-18-10-12-5-6-13(16)8-15(12)17/h2-8,18H,9-10H2,1H3. The summed E-state index contributed by atoms with van der Waals surface area (Å²) in [5, 5.41) is 3.11. The molecule has 2 rings (SSSR count). The van der Waals surface area contributed by atoms with Crippen molar-refractivity contribution in [3.05, 3.63) is 65.2 Å². The second-order valence-electron chi connectivity index (χ2n) is 4.19. The lowest BCUT2D eigenvalue weighted by Crippen LogP contribution is -2.13. The van der Waals surface area contributed by atoms with Crippen molar-refractivity contribution in [3.8, 4) is 5.75 Å². The van der Waals surface area contributed by atoms with Crippen molar-refractivity contribution in [3.63, 3.8) is 0 Å². The third-order valence-electron chi connectivity index (χ3n) is 2.79. The molecule has 19 heavy (non-hydrogen) atoms. The highest BCUT2D eigenvalue weighted by molar-refractivity contribution is 5.28. The molecule has 4 heteroatoms. The van der Waals surface area contributed by atoms with Crippen molar-refractivity contribution in [1.82, 2.24) is 5.32 Å². The van der Waals surface area contributed by atoms with Gasteiger partial charge in [-0.3, -0.25) is 0 Å². The first-order chi connectivity index (χ1) is 9.19. The summed E-state index contributed by atoms with van der Waals surface area (Å²) in [6.07, 6.45) is 0. The van der Waals surface area contributed by atoms with Gasteiger partial charge in [0, 0.05) is 24.7 Å². The number of halogens is 2. The highest BCUT2D eigenvalue weighted by Crippen LogP contribution is 2.13. The van der Waals surface area contributed by atoms with E-state index in [1.807, 2.05) is 24.3 Å². The van der Waals surface area contributed by atoms with E-state index in [1.54, 1.807) is 7.11 Å². The molecule has 0 spiro atoms. The average molecular weight is 263 g/mol. The van der Waals surface area contributed by atoms with Crippen molar-refractivity contribution in [2.75, 3.05) is 7.11 Å². The zero-order valence-electron chi connectivity index (χ0n) is 10.6. The van der Waals surface area contributed by atoms with Gasteiger partial charge >= 0.3 is 0 Å². The van der Waals surface area contributed by atoms with E-state index in [1.165, 1.54) is 12.1 Å².